The van der Waals surface area contributed by atoms with Crippen LogP contribution in [-0.2, 0) is 6.54 Å². The molecule has 1 aliphatic heterocycles. The molecule has 0 N–H and O–H groups in total. The van der Waals surface area contributed by atoms with E-state index in [4.69, 9.17) is 5.26 Å². The van der Waals surface area contributed by atoms with E-state index in [1.165, 1.54) is 12.1 Å². The molecule has 1 aliphatic rings. The summed E-state index contributed by atoms with van der Waals surface area (Å²) in [6.45, 7) is 2.70. The number of nitrogens with zero attached hydrogens (tertiary/aromatic N) is 2. The van der Waals surface area contributed by atoms with E-state index in [0.29, 0.717) is 0 Å². The van der Waals surface area contributed by atoms with Crippen LogP contribution in [0.2, 0.25) is 0 Å². The zero-order valence-electron chi connectivity index (χ0n) is 9.19. The summed E-state index contributed by atoms with van der Waals surface area (Å²) in [6, 6.07) is 8.92. The second kappa shape index (κ2) is 5.09. The Morgan fingerprint density at radius 2 is 2.12 bits per heavy atom. The van der Waals surface area contributed by atoms with Crippen LogP contribution in [0.3, 0.4) is 0 Å². The molecular formula is C13H15FN2. The summed E-state index contributed by atoms with van der Waals surface area (Å²) in [4.78, 5) is 2.27. The summed E-state index contributed by atoms with van der Waals surface area (Å²) in [5.41, 5.74) is 1.11. The molecule has 1 aromatic rings. The first kappa shape index (κ1) is 11.1. The largest absolute Gasteiger partial charge is 0.298 e. The minimum absolute atomic E-state index is 0.161. The summed E-state index contributed by atoms with van der Waals surface area (Å²) >= 11 is 0. The van der Waals surface area contributed by atoms with E-state index in [1.54, 1.807) is 0 Å². The fourth-order valence-electron chi connectivity index (χ4n) is 2.15. The fourth-order valence-corrected chi connectivity index (χ4v) is 2.15. The van der Waals surface area contributed by atoms with Crippen LogP contribution in [0.1, 0.15) is 18.4 Å². The van der Waals surface area contributed by atoms with Crippen LogP contribution in [-0.4, -0.2) is 18.0 Å². The van der Waals surface area contributed by atoms with Gasteiger partial charge in [-0.05, 0) is 37.1 Å². The van der Waals surface area contributed by atoms with Gasteiger partial charge in [0, 0.05) is 13.1 Å². The fraction of sp³-hybridized carbons (Fsp3) is 0.462. The number of piperidine rings is 1. The first-order chi connectivity index (χ1) is 7.78. The van der Waals surface area contributed by atoms with Gasteiger partial charge in [0.2, 0.25) is 0 Å². The van der Waals surface area contributed by atoms with Crippen molar-refractivity contribution in [2.24, 2.45) is 5.92 Å². The molecule has 0 radical (unpaired) electrons. The molecule has 0 saturated carbocycles. The van der Waals surface area contributed by atoms with Crippen molar-refractivity contribution in [2.75, 3.05) is 13.1 Å². The molecule has 1 unspecified atom stereocenters. The zero-order valence-corrected chi connectivity index (χ0v) is 9.19. The van der Waals surface area contributed by atoms with E-state index < -0.39 is 0 Å². The van der Waals surface area contributed by atoms with Crippen molar-refractivity contribution in [1.29, 1.82) is 5.26 Å². The highest BCUT2D eigenvalue weighted by molar-refractivity contribution is 5.16. The Morgan fingerprint density at radius 3 is 2.81 bits per heavy atom. The standard InChI is InChI=1S/C13H15FN2/c14-13-5-3-11(4-6-13)9-16-7-1-2-12(8-15)10-16/h3-6,12H,1-2,7,9-10H2. The molecule has 0 spiro atoms. The number of nitriles is 1. The maximum absolute atomic E-state index is 12.7. The Balaban J connectivity index is 1.94. The first-order valence-corrected chi connectivity index (χ1v) is 5.64. The molecule has 16 heavy (non-hydrogen) atoms. The predicted molar refractivity (Wildman–Crippen MR) is 60.0 cm³/mol. The predicted octanol–water partition coefficient (Wildman–Crippen LogP) is 2.56. The van der Waals surface area contributed by atoms with Crippen molar-refractivity contribution >= 4 is 0 Å². The molecule has 0 aliphatic carbocycles. The van der Waals surface area contributed by atoms with Gasteiger partial charge in [-0.3, -0.25) is 4.90 Å². The highest BCUT2D eigenvalue weighted by Gasteiger charge is 2.19. The molecule has 0 amide bonds. The van der Waals surface area contributed by atoms with Gasteiger partial charge in [0.1, 0.15) is 5.82 Å². The lowest BCUT2D eigenvalue weighted by Gasteiger charge is -2.29. The van der Waals surface area contributed by atoms with Gasteiger partial charge in [-0.1, -0.05) is 12.1 Å². The SMILES string of the molecule is N#CC1CCCN(Cc2ccc(F)cc2)C1. The van der Waals surface area contributed by atoms with Crippen LogP contribution in [0.25, 0.3) is 0 Å². The van der Waals surface area contributed by atoms with Gasteiger partial charge < -0.3 is 0 Å². The third kappa shape index (κ3) is 2.80. The van der Waals surface area contributed by atoms with E-state index in [9.17, 15) is 4.39 Å². The summed E-state index contributed by atoms with van der Waals surface area (Å²) in [7, 11) is 0. The summed E-state index contributed by atoms with van der Waals surface area (Å²) in [6.07, 6.45) is 2.09. The molecule has 1 saturated heterocycles. The van der Waals surface area contributed by atoms with E-state index in [0.717, 1.165) is 38.0 Å². The Bertz CT molecular complexity index is 380. The second-order valence-corrected chi connectivity index (χ2v) is 4.33. The Kier molecular flexibility index (Phi) is 3.53. The van der Waals surface area contributed by atoms with E-state index >= 15 is 0 Å². The summed E-state index contributed by atoms with van der Waals surface area (Å²) in [5.74, 6) is -0.0357. The number of hydrogen-bond donors (Lipinski definition) is 0. The molecule has 0 aromatic heterocycles. The minimum Gasteiger partial charge on any atom is -0.298 e. The van der Waals surface area contributed by atoms with Gasteiger partial charge in [-0.2, -0.15) is 5.26 Å². The lowest BCUT2D eigenvalue weighted by atomic mass is 9.99. The quantitative estimate of drug-likeness (QED) is 0.762. The van der Waals surface area contributed by atoms with Crippen molar-refractivity contribution in [3.8, 4) is 6.07 Å². The van der Waals surface area contributed by atoms with Gasteiger partial charge in [0.15, 0.2) is 0 Å². The topological polar surface area (TPSA) is 27.0 Å². The molecular weight excluding hydrogens is 203 g/mol. The van der Waals surface area contributed by atoms with Crippen LogP contribution in [0, 0.1) is 23.1 Å². The summed E-state index contributed by atoms with van der Waals surface area (Å²) < 4.78 is 12.7. The average molecular weight is 218 g/mol. The smallest absolute Gasteiger partial charge is 0.123 e. The number of rotatable bonds is 2. The van der Waals surface area contributed by atoms with Crippen LogP contribution in [0.15, 0.2) is 24.3 Å². The lowest BCUT2D eigenvalue weighted by Crippen LogP contribution is -2.34. The third-order valence-electron chi connectivity index (χ3n) is 3.01. The zero-order chi connectivity index (χ0) is 11.4. The summed E-state index contributed by atoms with van der Waals surface area (Å²) in [5, 5.41) is 8.89. The Morgan fingerprint density at radius 1 is 1.38 bits per heavy atom. The normalized spacial score (nSPS) is 21.6. The molecule has 2 nitrogen and oxygen atoms in total. The second-order valence-electron chi connectivity index (χ2n) is 4.33. The van der Waals surface area contributed by atoms with Crippen molar-refractivity contribution in [2.45, 2.75) is 19.4 Å². The van der Waals surface area contributed by atoms with Crippen LogP contribution >= 0.6 is 0 Å². The molecule has 1 fully saturated rings. The van der Waals surface area contributed by atoms with Crippen LogP contribution < -0.4 is 0 Å². The van der Waals surface area contributed by atoms with E-state index in [2.05, 4.69) is 11.0 Å². The van der Waals surface area contributed by atoms with Gasteiger partial charge in [-0.25, -0.2) is 4.39 Å². The average Bonchev–Trinajstić information content (AvgIpc) is 2.32. The van der Waals surface area contributed by atoms with Crippen LogP contribution in [0.4, 0.5) is 4.39 Å². The lowest BCUT2D eigenvalue weighted by molar-refractivity contribution is 0.192. The molecule has 2 rings (SSSR count). The van der Waals surface area contributed by atoms with Gasteiger partial charge in [-0.15, -0.1) is 0 Å². The molecule has 1 atom stereocenters. The van der Waals surface area contributed by atoms with E-state index in [-0.39, 0.29) is 11.7 Å². The number of likely N-dealkylation sites (tertiary alicyclic amines) is 1. The number of benzene rings is 1. The molecule has 3 heteroatoms. The van der Waals surface area contributed by atoms with Gasteiger partial charge >= 0.3 is 0 Å². The molecule has 84 valence electrons. The molecule has 0 bridgehead atoms. The minimum atomic E-state index is -0.197. The number of hydrogen-bond acceptors (Lipinski definition) is 2. The van der Waals surface area contributed by atoms with Crippen molar-refractivity contribution < 1.29 is 4.39 Å². The maximum atomic E-state index is 12.7. The van der Waals surface area contributed by atoms with Gasteiger partial charge in [0.25, 0.3) is 0 Å². The first-order valence-electron chi connectivity index (χ1n) is 5.64. The highest BCUT2D eigenvalue weighted by atomic mass is 19.1. The number of halogens is 1. The van der Waals surface area contributed by atoms with Crippen molar-refractivity contribution in [1.82, 2.24) is 4.90 Å². The highest BCUT2D eigenvalue weighted by Crippen LogP contribution is 2.17. The molecule has 1 heterocycles. The Hall–Kier alpha value is -1.40. The maximum Gasteiger partial charge on any atom is 0.123 e. The Labute approximate surface area is 95.3 Å². The van der Waals surface area contributed by atoms with Crippen LogP contribution in [0.5, 0.6) is 0 Å². The third-order valence-corrected chi connectivity index (χ3v) is 3.01. The van der Waals surface area contributed by atoms with E-state index in [1.807, 2.05) is 12.1 Å². The van der Waals surface area contributed by atoms with Crippen molar-refractivity contribution in [3.05, 3.63) is 35.6 Å². The molecule has 1 aromatic carbocycles. The van der Waals surface area contributed by atoms with Gasteiger partial charge in [0.05, 0.1) is 12.0 Å². The monoisotopic (exact) mass is 218 g/mol. The van der Waals surface area contributed by atoms with Crippen molar-refractivity contribution in [3.63, 3.8) is 0 Å².